The Hall–Kier alpha value is -8.14. The van der Waals surface area contributed by atoms with Crippen LogP contribution >= 0.6 is 0 Å². The van der Waals surface area contributed by atoms with Gasteiger partial charge in [-0.25, -0.2) is 9.97 Å². The van der Waals surface area contributed by atoms with Crippen LogP contribution < -0.4 is 0 Å². The van der Waals surface area contributed by atoms with Crippen molar-refractivity contribution in [3.05, 3.63) is 253 Å². The van der Waals surface area contributed by atoms with Crippen LogP contribution in [0.25, 0.3) is 89.2 Å². The largest absolute Gasteiger partial charge is 0.455 e. The van der Waals surface area contributed by atoms with Crippen LogP contribution in [0.1, 0.15) is 22.3 Å². The SMILES string of the molecule is c1ccc(-c2nc(-c3ccc(-c4cc(-c5ccccc5)c5oc6ccccc6c5c4)cc3)cc(-c3cccc4c3-c3ccccc3C4(c3ccccc3)c3ccccc3)n2)cc1. The predicted molar refractivity (Wildman–Crippen MR) is 254 cm³/mol. The predicted octanol–water partition coefficient (Wildman–Crippen LogP) is 15.1. The molecule has 1 aliphatic rings. The smallest absolute Gasteiger partial charge is 0.160 e. The molecule has 12 rings (SSSR count). The van der Waals surface area contributed by atoms with E-state index in [1.807, 2.05) is 30.3 Å². The van der Waals surface area contributed by atoms with E-state index in [2.05, 4.69) is 200 Å². The second-order valence-corrected chi connectivity index (χ2v) is 16.0. The molecule has 3 heteroatoms. The molecule has 9 aromatic carbocycles. The second-order valence-electron chi connectivity index (χ2n) is 16.0. The van der Waals surface area contributed by atoms with Gasteiger partial charge in [0.1, 0.15) is 11.2 Å². The number of para-hydroxylation sites is 1. The van der Waals surface area contributed by atoms with Crippen LogP contribution in [0, 0.1) is 0 Å². The van der Waals surface area contributed by atoms with Crippen molar-refractivity contribution in [3.63, 3.8) is 0 Å². The van der Waals surface area contributed by atoms with Crippen molar-refractivity contribution in [3.8, 4) is 67.3 Å². The summed E-state index contributed by atoms with van der Waals surface area (Å²) in [6.45, 7) is 0. The van der Waals surface area contributed by atoms with Crippen LogP contribution in [0.2, 0.25) is 0 Å². The summed E-state index contributed by atoms with van der Waals surface area (Å²) >= 11 is 0. The number of hydrogen-bond acceptors (Lipinski definition) is 3. The Morgan fingerprint density at radius 2 is 0.903 bits per heavy atom. The summed E-state index contributed by atoms with van der Waals surface area (Å²) in [5.74, 6) is 0.688. The summed E-state index contributed by atoms with van der Waals surface area (Å²) in [4.78, 5) is 10.6. The molecule has 0 saturated carbocycles. The van der Waals surface area contributed by atoms with Gasteiger partial charge in [-0.05, 0) is 74.3 Å². The van der Waals surface area contributed by atoms with E-state index in [9.17, 15) is 0 Å². The fourth-order valence-corrected chi connectivity index (χ4v) is 9.82. The lowest BCUT2D eigenvalue weighted by atomic mass is 9.67. The molecule has 62 heavy (non-hydrogen) atoms. The van der Waals surface area contributed by atoms with E-state index in [4.69, 9.17) is 14.4 Å². The van der Waals surface area contributed by atoms with E-state index >= 15 is 0 Å². The molecule has 0 N–H and O–H groups in total. The topological polar surface area (TPSA) is 38.9 Å². The molecule has 0 aliphatic heterocycles. The van der Waals surface area contributed by atoms with Crippen LogP contribution in [0.3, 0.4) is 0 Å². The van der Waals surface area contributed by atoms with Crippen LogP contribution in [0.15, 0.2) is 235 Å². The highest BCUT2D eigenvalue weighted by molar-refractivity contribution is 6.11. The van der Waals surface area contributed by atoms with Crippen molar-refractivity contribution < 1.29 is 4.42 Å². The number of aromatic nitrogens is 2. The van der Waals surface area contributed by atoms with Crippen molar-refractivity contribution in [2.24, 2.45) is 0 Å². The fourth-order valence-electron chi connectivity index (χ4n) is 9.82. The summed E-state index contributed by atoms with van der Waals surface area (Å²) in [5, 5.41) is 2.22. The highest BCUT2D eigenvalue weighted by Crippen LogP contribution is 2.58. The number of benzene rings is 9. The number of furan rings is 1. The van der Waals surface area contributed by atoms with Gasteiger partial charge in [-0.2, -0.15) is 0 Å². The zero-order chi connectivity index (χ0) is 41.0. The van der Waals surface area contributed by atoms with Gasteiger partial charge in [-0.3, -0.25) is 0 Å². The van der Waals surface area contributed by atoms with Crippen LogP contribution in [0.5, 0.6) is 0 Å². The molecule has 2 heterocycles. The number of hydrogen-bond donors (Lipinski definition) is 0. The maximum Gasteiger partial charge on any atom is 0.160 e. The minimum absolute atomic E-state index is 0.509. The minimum atomic E-state index is -0.509. The normalized spacial score (nSPS) is 12.6. The zero-order valence-corrected chi connectivity index (χ0v) is 33.7. The van der Waals surface area contributed by atoms with E-state index in [-0.39, 0.29) is 0 Å². The molecule has 0 fully saturated rings. The van der Waals surface area contributed by atoms with Gasteiger partial charge in [0.25, 0.3) is 0 Å². The molecular formula is C59H38N2O. The van der Waals surface area contributed by atoms with Crippen LogP contribution in [-0.4, -0.2) is 9.97 Å². The maximum absolute atomic E-state index is 6.49. The Morgan fingerprint density at radius 3 is 1.63 bits per heavy atom. The van der Waals surface area contributed by atoms with E-state index in [1.165, 1.54) is 33.4 Å². The molecule has 1 aliphatic carbocycles. The molecule has 0 atom stereocenters. The quantitative estimate of drug-likeness (QED) is 0.161. The molecule has 0 amide bonds. The molecule has 0 saturated heterocycles. The first kappa shape index (κ1) is 35.8. The lowest BCUT2D eigenvalue weighted by Crippen LogP contribution is -2.28. The third-order valence-electron chi connectivity index (χ3n) is 12.6. The number of nitrogens with zero attached hydrogens (tertiary/aromatic N) is 2. The van der Waals surface area contributed by atoms with Gasteiger partial charge in [0, 0.05) is 33.0 Å². The van der Waals surface area contributed by atoms with Crippen molar-refractivity contribution in [1.29, 1.82) is 0 Å². The molecule has 11 aromatic rings. The number of fused-ring (bicyclic) bond motifs is 6. The first-order valence-electron chi connectivity index (χ1n) is 21.1. The summed E-state index contributed by atoms with van der Waals surface area (Å²) < 4.78 is 6.49. The first-order chi connectivity index (χ1) is 30.7. The monoisotopic (exact) mass is 790 g/mol. The van der Waals surface area contributed by atoms with Crippen LogP contribution in [0.4, 0.5) is 0 Å². The highest BCUT2D eigenvalue weighted by atomic mass is 16.3. The molecule has 0 bridgehead atoms. The Morgan fingerprint density at radius 1 is 0.339 bits per heavy atom. The lowest BCUT2D eigenvalue weighted by molar-refractivity contribution is 0.670. The fraction of sp³-hybridized carbons (Fsp3) is 0.0169. The average Bonchev–Trinajstić information content (AvgIpc) is 3.89. The van der Waals surface area contributed by atoms with Gasteiger partial charge in [0.15, 0.2) is 5.82 Å². The van der Waals surface area contributed by atoms with E-state index < -0.39 is 5.41 Å². The van der Waals surface area contributed by atoms with Crippen molar-refractivity contribution >= 4 is 21.9 Å². The van der Waals surface area contributed by atoms with Crippen molar-refractivity contribution in [1.82, 2.24) is 9.97 Å². The summed E-state index contributed by atoms with van der Waals surface area (Å²) in [5.41, 5.74) is 17.9. The van der Waals surface area contributed by atoms with Gasteiger partial charge in [-0.15, -0.1) is 0 Å². The van der Waals surface area contributed by atoms with E-state index in [1.54, 1.807) is 0 Å². The molecule has 0 radical (unpaired) electrons. The van der Waals surface area contributed by atoms with Gasteiger partial charge >= 0.3 is 0 Å². The lowest BCUT2D eigenvalue weighted by Gasteiger charge is -2.33. The standard InChI is InChI=1S/C59H38N2O/c1-5-18-40(19-6-1)49-36-43(37-50-46-26-14-16-31-55(46)62-57(49)50)39-32-34-41(35-33-39)53-38-54(61-58(60-53)42-20-7-2-8-21-42)48-28-17-30-52-56(48)47-27-13-15-29-51(47)59(52,44-22-9-3-10-23-44)45-24-11-4-12-25-45/h1-38H. The van der Waals surface area contributed by atoms with Crippen molar-refractivity contribution in [2.45, 2.75) is 5.41 Å². The summed E-state index contributed by atoms with van der Waals surface area (Å²) in [7, 11) is 0. The third-order valence-corrected chi connectivity index (χ3v) is 12.6. The molecule has 3 nitrogen and oxygen atoms in total. The third kappa shape index (κ3) is 5.67. The van der Waals surface area contributed by atoms with Gasteiger partial charge in [0.05, 0.1) is 16.8 Å². The average molecular weight is 791 g/mol. The van der Waals surface area contributed by atoms with Gasteiger partial charge < -0.3 is 4.42 Å². The molecule has 290 valence electrons. The van der Waals surface area contributed by atoms with Gasteiger partial charge in [-0.1, -0.05) is 206 Å². The Bertz CT molecular complexity index is 3390. The second kappa shape index (κ2) is 14.5. The number of rotatable bonds is 7. The molecular weight excluding hydrogens is 753 g/mol. The highest BCUT2D eigenvalue weighted by Gasteiger charge is 2.46. The van der Waals surface area contributed by atoms with Gasteiger partial charge in [0.2, 0.25) is 0 Å². The zero-order valence-electron chi connectivity index (χ0n) is 33.7. The summed E-state index contributed by atoms with van der Waals surface area (Å²) in [6.07, 6.45) is 0. The molecule has 0 unspecified atom stereocenters. The minimum Gasteiger partial charge on any atom is -0.455 e. The maximum atomic E-state index is 6.49. The summed E-state index contributed by atoms with van der Waals surface area (Å²) in [6, 6.07) is 82.1. The molecule has 2 aromatic heterocycles. The first-order valence-corrected chi connectivity index (χ1v) is 21.1. The van der Waals surface area contributed by atoms with E-state index in [0.29, 0.717) is 5.82 Å². The molecule has 0 spiro atoms. The van der Waals surface area contributed by atoms with E-state index in [0.717, 1.165) is 72.3 Å². The Labute approximate surface area is 360 Å². The Balaban J connectivity index is 1.03. The Kier molecular flexibility index (Phi) is 8.39. The van der Waals surface area contributed by atoms with Crippen molar-refractivity contribution in [2.75, 3.05) is 0 Å². The van der Waals surface area contributed by atoms with Crippen LogP contribution in [-0.2, 0) is 5.41 Å².